The average Bonchev–Trinajstić information content (AvgIpc) is 2.30. The third-order valence-corrected chi connectivity index (χ3v) is 1.95. The van der Waals surface area contributed by atoms with Gasteiger partial charge >= 0.3 is 0 Å². The third-order valence-electron chi connectivity index (χ3n) is 1.95. The largest absolute Gasteiger partial charge is 0.394 e. The van der Waals surface area contributed by atoms with E-state index in [9.17, 15) is 4.39 Å². The van der Waals surface area contributed by atoms with Crippen LogP contribution >= 0.6 is 0 Å². The average molecular weight is 148 g/mol. The van der Waals surface area contributed by atoms with E-state index in [1.165, 1.54) is 0 Å². The number of hydrogen-bond donors (Lipinski definition) is 1. The van der Waals surface area contributed by atoms with E-state index in [1.807, 2.05) is 6.92 Å². The monoisotopic (exact) mass is 148 g/mol. The molecule has 0 amide bonds. The lowest BCUT2D eigenvalue weighted by atomic mass is 10.0. The highest BCUT2D eigenvalue weighted by atomic mass is 19.1. The number of aliphatic hydroxyl groups is 1. The smallest absolute Gasteiger partial charge is 0.0949 e. The van der Waals surface area contributed by atoms with E-state index in [4.69, 9.17) is 9.84 Å². The van der Waals surface area contributed by atoms with Crippen LogP contribution in [0.1, 0.15) is 13.3 Å². The Balaban J connectivity index is 2.41. The van der Waals surface area contributed by atoms with Crippen molar-refractivity contribution in [3.63, 3.8) is 0 Å². The van der Waals surface area contributed by atoms with E-state index in [0.717, 1.165) is 6.42 Å². The second kappa shape index (κ2) is 3.30. The molecule has 0 bridgehead atoms. The first-order valence-corrected chi connectivity index (χ1v) is 3.60. The van der Waals surface area contributed by atoms with Crippen LogP contribution in [0.5, 0.6) is 0 Å². The molecule has 2 nitrogen and oxygen atoms in total. The SMILES string of the molecule is C[C@H]1C[C@@H](CF)[C@@H](CO)O1. The van der Waals surface area contributed by atoms with Gasteiger partial charge in [-0.3, -0.25) is 4.39 Å². The lowest BCUT2D eigenvalue weighted by Gasteiger charge is -2.11. The molecule has 3 heteroatoms. The summed E-state index contributed by atoms with van der Waals surface area (Å²) in [6.45, 7) is 1.47. The second-order valence-corrected chi connectivity index (χ2v) is 2.82. The van der Waals surface area contributed by atoms with Crippen LogP contribution in [0.15, 0.2) is 0 Å². The van der Waals surface area contributed by atoms with Crippen LogP contribution in [0.2, 0.25) is 0 Å². The van der Waals surface area contributed by atoms with Crippen LogP contribution in [0.3, 0.4) is 0 Å². The normalized spacial score (nSPS) is 40.5. The van der Waals surface area contributed by atoms with E-state index in [-0.39, 0.29) is 31.4 Å². The van der Waals surface area contributed by atoms with Crippen molar-refractivity contribution in [1.82, 2.24) is 0 Å². The highest BCUT2D eigenvalue weighted by molar-refractivity contribution is 4.79. The summed E-state index contributed by atoms with van der Waals surface area (Å²) in [6.07, 6.45) is 0.583. The Labute approximate surface area is 60.0 Å². The van der Waals surface area contributed by atoms with Gasteiger partial charge in [0.1, 0.15) is 0 Å². The van der Waals surface area contributed by atoms with Crippen LogP contribution in [0, 0.1) is 5.92 Å². The van der Waals surface area contributed by atoms with Crippen molar-refractivity contribution in [2.24, 2.45) is 5.92 Å². The Kier molecular flexibility index (Phi) is 2.63. The first kappa shape index (κ1) is 7.95. The van der Waals surface area contributed by atoms with Crippen LogP contribution in [0.25, 0.3) is 0 Å². The maximum absolute atomic E-state index is 12.1. The fraction of sp³-hybridized carbons (Fsp3) is 1.00. The predicted octanol–water partition coefficient (Wildman–Crippen LogP) is 0.742. The molecule has 1 heterocycles. The molecule has 1 fully saturated rings. The molecule has 1 aliphatic heterocycles. The first-order chi connectivity index (χ1) is 4.77. The molecule has 0 aromatic carbocycles. The molecular weight excluding hydrogens is 135 g/mol. The minimum absolute atomic E-state index is 0.0566. The first-order valence-electron chi connectivity index (χ1n) is 3.60. The second-order valence-electron chi connectivity index (χ2n) is 2.82. The summed E-state index contributed by atoms with van der Waals surface area (Å²) in [7, 11) is 0. The van der Waals surface area contributed by atoms with Crippen molar-refractivity contribution in [2.75, 3.05) is 13.3 Å². The van der Waals surface area contributed by atoms with Gasteiger partial charge in [-0.05, 0) is 13.3 Å². The lowest BCUT2D eigenvalue weighted by Crippen LogP contribution is -2.21. The van der Waals surface area contributed by atoms with Gasteiger partial charge in [0.05, 0.1) is 25.5 Å². The number of ether oxygens (including phenoxy) is 1. The van der Waals surface area contributed by atoms with Crippen molar-refractivity contribution >= 4 is 0 Å². The zero-order chi connectivity index (χ0) is 7.56. The van der Waals surface area contributed by atoms with Gasteiger partial charge in [-0.25, -0.2) is 0 Å². The molecule has 3 atom stereocenters. The quantitative estimate of drug-likeness (QED) is 0.626. The third kappa shape index (κ3) is 1.47. The molecule has 0 radical (unpaired) electrons. The van der Waals surface area contributed by atoms with E-state index < -0.39 is 0 Å². The predicted molar refractivity (Wildman–Crippen MR) is 35.5 cm³/mol. The number of halogens is 1. The van der Waals surface area contributed by atoms with Gasteiger partial charge in [0.2, 0.25) is 0 Å². The minimum atomic E-state index is -0.379. The summed E-state index contributed by atoms with van der Waals surface area (Å²) in [5.41, 5.74) is 0. The molecule has 10 heavy (non-hydrogen) atoms. The Hall–Kier alpha value is -0.150. The van der Waals surface area contributed by atoms with Gasteiger partial charge < -0.3 is 9.84 Å². The molecule has 1 aliphatic rings. The molecule has 1 N–H and O–H groups in total. The number of alkyl halides is 1. The van der Waals surface area contributed by atoms with Gasteiger partial charge in [-0.1, -0.05) is 0 Å². The summed E-state index contributed by atoms with van der Waals surface area (Å²) in [5.74, 6) is -0.0833. The zero-order valence-corrected chi connectivity index (χ0v) is 6.09. The van der Waals surface area contributed by atoms with Gasteiger partial charge in [0, 0.05) is 5.92 Å². The van der Waals surface area contributed by atoms with Crippen LogP contribution in [-0.4, -0.2) is 30.6 Å². The maximum Gasteiger partial charge on any atom is 0.0949 e. The van der Waals surface area contributed by atoms with Crippen LogP contribution in [0.4, 0.5) is 4.39 Å². The number of rotatable bonds is 2. The molecule has 0 aromatic heterocycles. The molecule has 1 rings (SSSR count). The Morgan fingerprint density at radius 3 is 2.80 bits per heavy atom. The maximum atomic E-state index is 12.1. The summed E-state index contributed by atoms with van der Waals surface area (Å²) >= 11 is 0. The summed E-state index contributed by atoms with van der Waals surface area (Å²) in [4.78, 5) is 0. The van der Waals surface area contributed by atoms with E-state index >= 15 is 0 Å². The topological polar surface area (TPSA) is 29.5 Å². The van der Waals surface area contributed by atoms with Crippen molar-refractivity contribution in [3.8, 4) is 0 Å². The molecule has 0 unspecified atom stereocenters. The molecule has 1 saturated heterocycles. The summed E-state index contributed by atoms with van der Waals surface area (Å²) in [6, 6.07) is 0. The number of aliphatic hydroxyl groups excluding tert-OH is 1. The number of hydrogen-bond acceptors (Lipinski definition) is 2. The highest BCUT2D eigenvalue weighted by Gasteiger charge is 2.31. The summed E-state index contributed by atoms with van der Waals surface area (Å²) in [5, 5.41) is 8.69. The molecule has 60 valence electrons. The molecule has 0 saturated carbocycles. The van der Waals surface area contributed by atoms with Gasteiger partial charge in [0.25, 0.3) is 0 Å². The van der Waals surface area contributed by atoms with Crippen molar-refractivity contribution in [2.45, 2.75) is 25.6 Å². The van der Waals surface area contributed by atoms with E-state index in [0.29, 0.717) is 0 Å². The Morgan fingerprint density at radius 2 is 2.40 bits per heavy atom. The molecule has 0 aromatic rings. The zero-order valence-electron chi connectivity index (χ0n) is 6.09. The van der Waals surface area contributed by atoms with Crippen LogP contribution < -0.4 is 0 Å². The van der Waals surface area contributed by atoms with Crippen molar-refractivity contribution in [1.29, 1.82) is 0 Å². The van der Waals surface area contributed by atoms with Crippen molar-refractivity contribution < 1.29 is 14.2 Å². The molecule has 0 aliphatic carbocycles. The van der Waals surface area contributed by atoms with Crippen LogP contribution in [-0.2, 0) is 4.74 Å². The van der Waals surface area contributed by atoms with Crippen molar-refractivity contribution in [3.05, 3.63) is 0 Å². The lowest BCUT2D eigenvalue weighted by molar-refractivity contribution is 0.00372. The summed E-state index contributed by atoms with van der Waals surface area (Å²) < 4.78 is 17.3. The molecular formula is C7H13FO2. The Morgan fingerprint density at radius 1 is 1.70 bits per heavy atom. The minimum Gasteiger partial charge on any atom is -0.394 e. The fourth-order valence-electron chi connectivity index (χ4n) is 1.40. The van der Waals surface area contributed by atoms with Gasteiger partial charge in [-0.15, -0.1) is 0 Å². The standard InChI is InChI=1S/C7H13FO2/c1-5-2-6(3-8)7(4-9)10-5/h5-7,9H,2-4H2,1H3/t5-,6-,7+/m0/s1. The van der Waals surface area contributed by atoms with Gasteiger partial charge in [-0.2, -0.15) is 0 Å². The Bertz CT molecular complexity index is 95.8. The highest BCUT2D eigenvalue weighted by Crippen LogP contribution is 2.25. The van der Waals surface area contributed by atoms with E-state index in [2.05, 4.69) is 0 Å². The van der Waals surface area contributed by atoms with E-state index in [1.54, 1.807) is 0 Å². The van der Waals surface area contributed by atoms with Gasteiger partial charge in [0.15, 0.2) is 0 Å². The fourth-order valence-corrected chi connectivity index (χ4v) is 1.40. The molecule has 0 spiro atoms.